The summed E-state index contributed by atoms with van der Waals surface area (Å²) in [6.45, 7) is 4.03. The molecule has 0 fully saturated rings. The van der Waals surface area contributed by atoms with E-state index in [1.54, 1.807) is 0 Å². The first-order valence-corrected chi connectivity index (χ1v) is 6.38. The highest BCUT2D eigenvalue weighted by Gasteiger charge is 2.33. The molecule has 0 aliphatic carbocycles. The molecule has 0 heterocycles. The third-order valence-corrected chi connectivity index (χ3v) is 3.65. The molecule has 1 rings (SSSR count). The van der Waals surface area contributed by atoms with Crippen LogP contribution in [0.1, 0.15) is 26.7 Å². The molecule has 3 N–H and O–H groups in total. The van der Waals surface area contributed by atoms with E-state index in [1.807, 2.05) is 13.8 Å². The second-order valence-corrected chi connectivity index (χ2v) is 4.49. The fraction of sp³-hybridized carbons (Fsp3) is 0.500. The van der Waals surface area contributed by atoms with Crippen molar-refractivity contribution in [3.05, 3.63) is 24.0 Å². The topological polar surface area (TPSA) is 64.4 Å². The number of amides is 1. The first-order valence-electron chi connectivity index (χ1n) is 6.38. The number of hydrogen-bond acceptors (Lipinski definition) is 3. The van der Waals surface area contributed by atoms with Gasteiger partial charge in [-0.3, -0.25) is 4.79 Å². The molecule has 0 aliphatic rings. The monoisotopic (exact) mass is 304 g/mol. The largest absolute Gasteiger partial charge is 0.497 e. The van der Waals surface area contributed by atoms with Gasteiger partial charge in [0.2, 0.25) is 5.91 Å². The summed E-state index contributed by atoms with van der Waals surface area (Å²) in [7, 11) is 1.49. The Kier molecular flexibility index (Phi) is 7.53. The van der Waals surface area contributed by atoms with Crippen molar-refractivity contribution in [3.63, 3.8) is 0 Å². The molecule has 0 saturated carbocycles. The van der Waals surface area contributed by atoms with Gasteiger partial charge in [0.25, 0.3) is 0 Å². The molecule has 0 unspecified atom stereocenters. The van der Waals surface area contributed by atoms with E-state index in [1.165, 1.54) is 25.3 Å². The fourth-order valence-electron chi connectivity index (χ4n) is 1.93. The molecule has 4 nitrogen and oxygen atoms in total. The molecule has 0 aromatic heterocycles. The Morgan fingerprint density at radius 2 is 2.00 bits per heavy atom. The first-order chi connectivity index (χ1) is 9.02. The number of halogens is 2. The number of carbonyl (C=O) groups is 1. The van der Waals surface area contributed by atoms with Gasteiger partial charge in [0.05, 0.1) is 18.2 Å². The molecular weight excluding hydrogens is 283 g/mol. The second-order valence-electron chi connectivity index (χ2n) is 4.49. The molecule has 0 saturated heterocycles. The zero-order chi connectivity index (χ0) is 14.5. The van der Waals surface area contributed by atoms with E-state index in [0.717, 1.165) is 0 Å². The van der Waals surface area contributed by atoms with E-state index in [9.17, 15) is 9.18 Å². The molecule has 6 heteroatoms. The van der Waals surface area contributed by atoms with Crippen LogP contribution in [-0.2, 0) is 4.79 Å². The quantitative estimate of drug-likeness (QED) is 0.849. The van der Waals surface area contributed by atoms with Crippen molar-refractivity contribution in [1.82, 2.24) is 0 Å². The number of anilines is 1. The fourth-order valence-corrected chi connectivity index (χ4v) is 1.93. The van der Waals surface area contributed by atoms with Gasteiger partial charge in [-0.05, 0) is 25.0 Å². The summed E-state index contributed by atoms with van der Waals surface area (Å²) in [4.78, 5) is 12.3. The zero-order valence-electron chi connectivity index (χ0n) is 12.0. The molecule has 0 radical (unpaired) electrons. The Bertz CT molecular complexity index is 443. The number of rotatable bonds is 6. The SMILES string of the molecule is CCC(CC)(CN)C(=O)Nc1cc(OC)ccc1F.Cl. The van der Waals surface area contributed by atoms with Gasteiger partial charge >= 0.3 is 0 Å². The Hall–Kier alpha value is -1.33. The van der Waals surface area contributed by atoms with Crippen LogP contribution in [0.15, 0.2) is 18.2 Å². The van der Waals surface area contributed by atoms with E-state index in [0.29, 0.717) is 18.6 Å². The van der Waals surface area contributed by atoms with Crippen molar-refractivity contribution in [2.75, 3.05) is 19.0 Å². The Morgan fingerprint density at radius 3 is 2.45 bits per heavy atom. The lowest BCUT2D eigenvalue weighted by atomic mass is 9.81. The van der Waals surface area contributed by atoms with Gasteiger partial charge in [-0.1, -0.05) is 13.8 Å². The maximum atomic E-state index is 13.7. The Balaban J connectivity index is 0.00000361. The van der Waals surface area contributed by atoms with Gasteiger partial charge in [-0.15, -0.1) is 12.4 Å². The lowest BCUT2D eigenvalue weighted by Crippen LogP contribution is -2.41. The van der Waals surface area contributed by atoms with Gasteiger partial charge in [0.15, 0.2) is 0 Å². The number of carbonyl (C=O) groups excluding carboxylic acids is 1. The van der Waals surface area contributed by atoms with Gasteiger partial charge < -0.3 is 15.8 Å². The van der Waals surface area contributed by atoms with Crippen LogP contribution >= 0.6 is 12.4 Å². The van der Waals surface area contributed by atoms with Crippen LogP contribution in [0.5, 0.6) is 5.75 Å². The standard InChI is InChI=1S/C14H21FN2O2.ClH/c1-4-14(5-2,9-16)13(18)17-12-8-10(19-3)6-7-11(12)15;/h6-8H,4-5,9,16H2,1-3H3,(H,17,18);1H. The van der Waals surface area contributed by atoms with E-state index in [-0.39, 0.29) is 30.5 Å². The molecule has 0 bridgehead atoms. The summed E-state index contributed by atoms with van der Waals surface area (Å²) in [6.07, 6.45) is 1.22. The van der Waals surface area contributed by atoms with Crippen molar-refractivity contribution < 1.29 is 13.9 Å². The number of benzene rings is 1. The summed E-state index contributed by atoms with van der Waals surface area (Å²) >= 11 is 0. The van der Waals surface area contributed by atoms with Gasteiger partial charge in [-0.2, -0.15) is 0 Å². The Labute approximate surface area is 125 Å². The second kappa shape index (κ2) is 8.07. The molecule has 0 aliphatic heterocycles. The highest BCUT2D eigenvalue weighted by atomic mass is 35.5. The highest BCUT2D eigenvalue weighted by Crippen LogP contribution is 2.28. The lowest BCUT2D eigenvalue weighted by Gasteiger charge is -2.28. The molecule has 1 aromatic rings. The minimum atomic E-state index is -0.657. The van der Waals surface area contributed by atoms with Crippen LogP contribution in [0.2, 0.25) is 0 Å². The number of hydrogen-bond donors (Lipinski definition) is 2. The van der Waals surface area contributed by atoms with Crippen LogP contribution in [-0.4, -0.2) is 19.6 Å². The normalized spacial score (nSPS) is 10.7. The maximum absolute atomic E-state index is 13.7. The number of nitrogens with one attached hydrogen (secondary N) is 1. The Morgan fingerprint density at radius 1 is 1.40 bits per heavy atom. The van der Waals surface area contributed by atoms with E-state index in [2.05, 4.69) is 5.32 Å². The van der Waals surface area contributed by atoms with Gasteiger partial charge in [-0.25, -0.2) is 4.39 Å². The number of nitrogens with two attached hydrogens (primary N) is 1. The molecule has 0 spiro atoms. The zero-order valence-corrected chi connectivity index (χ0v) is 12.8. The van der Waals surface area contributed by atoms with Gasteiger partial charge in [0.1, 0.15) is 11.6 Å². The molecule has 20 heavy (non-hydrogen) atoms. The predicted molar refractivity (Wildman–Crippen MR) is 80.9 cm³/mol. The first kappa shape index (κ1) is 18.7. The van der Waals surface area contributed by atoms with E-state index < -0.39 is 11.2 Å². The van der Waals surface area contributed by atoms with Gasteiger partial charge in [0, 0.05) is 12.6 Å². The van der Waals surface area contributed by atoms with Crippen LogP contribution in [0.25, 0.3) is 0 Å². The lowest BCUT2D eigenvalue weighted by molar-refractivity contribution is -0.125. The molecule has 1 aromatic carbocycles. The average Bonchev–Trinajstić information content (AvgIpc) is 2.44. The molecule has 1 amide bonds. The molecule has 114 valence electrons. The van der Waals surface area contributed by atoms with Crippen molar-refractivity contribution >= 4 is 24.0 Å². The number of ether oxygens (including phenoxy) is 1. The van der Waals surface area contributed by atoms with Crippen molar-refractivity contribution in [2.45, 2.75) is 26.7 Å². The van der Waals surface area contributed by atoms with Crippen molar-refractivity contribution in [3.8, 4) is 5.75 Å². The average molecular weight is 305 g/mol. The van der Waals surface area contributed by atoms with Crippen LogP contribution in [0, 0.1) is 11.2 Å². The van der Waals surface area contributed by atoms with Crippen molar-refractivity contribution in [1.29, 1.82) is 0 Å². The third kappa shape index (κ3) is 3.84. The highest BCUT2D eigenvalue weighted by molar-refractivity contribution is 5.95. The van der Waals surface area contributed by atoms with E-state index in [4.69, 9.17) is 10.5 Å². The summed E-state index contributed by atoms with van der Waals surface area (Å²) in [5, 5.41) is 2.60. The molecule has 0 atom stereocenters. The molecular formula is C14H22ClFN2O2. The van der Waals surface area contributed by atoms with E-state index >= 15 is 0 Å². The minimum Gasteiger partial charge on any atom is -0.497 e. The predicted octanol–water partition coefficient (Wildman–Crippen LogP) is 2.96. The van der Waals surface area contributed by atoms with Crippen LogP contribution < -0.4 is 15.8 Å². The van der Waals surface area contributed by atoms with Crippen molar-refractivity contribution in [2.24, 2.45) is 11.1 Å². The summed E-state index contributed by atoms with van der Waals surface area (Å²) in [6, 6.07) is 4.22. The smallest absolute Gasteiger partial charge is 0.231 e. The minimum absolute atomic E-state index is 0. The summed E-state index contributed by atoms with van der Waals surface area (Å²) in [5.74, 6) is -0.262. The van der Waals surface area contributed by atoms with Crippen LogP contribution in [0.4, 0.5) is 10.1 Å². The third-order valence-electron chi connectivity index (χ3n) is 3.65. The maximum Gasteiger partial charge on any atom is 0.231 e. The summed E-state index contributed by atoms with van der Waals surface area (Å²) < 4.78 is 18.7. The van der Waals surface area contributed by atoms with Crippen LogP contribution in [0.3, 0.4) is 0 Å². The summed E-state index contributed by atoms with van der Waals surface area (Å²) in [5.41, 5.74) is 5.16. The number of methoxy groups -OCH3 is 1.